The van der Waals surface area contributed by atoms with Gasteiger partial charge >= 0.3 is 0 Å². The molecule has 0 radical (unpaired) electrons. The third-order valence-electron chi connectivity index (χ3n) is 3.92. The van der Waals surface area contributed by atoms with Gasteiger partial charge in [-0.1, -0.05) is 23.7 Å². The second kappa shape index (κ2) is 6.26. The largest absolute Gasteiger partial charge is 0.348 e. The van der Waals surface area contributed by atoms with Gasteiger partial charge in [0, 0.05) is 5.02 Å². The summed E-state index contributed by atoms with van der Waals surface area (Å²) in [7, 11) is 0. The first-order valence-corrected chi connectivity index (χ1v) is 8.00. The van der Waals surface area contributed by atoms with Crippen LogP contribution in [0, 0.1) is 5.41 Å². The standard InChI is InChI=1S/C15H17Cl3N2O2/c1-9(10-3-5-11(16)6-4-10)20-12(21)7-19-13(22)14(2)8-15(14,17)18/h3-6,9H,7-8H2,1-2H3,(H,19,22)(H,20,21). The van der Waals surface area contributed by atoms with Crippen molar-refractivity contribution in [3.63, 3.8) is 0 Å². The molecule has 7 heteroatoms. The van der Waals surface area contributed by atoms with Crippen LogP contribution in [0.4, 0.5) is 0 Å². The van der Waals surface area contributed by atoms with E-state index in [-0.39, 0.29) is 24.4 Å². The van der Waals surface area contributed by atoms with Gasteiger partial charge in [0.15, 0.2) is 0 Å². The molecule has 1 aromatic rings. The first-order chi connectivity index (χ1) is 10.2. The average Bonchev–Trinajstić information content (AvgIpc) is 2.97. The third-order valence-corrected chi connectivity index (χ3v) is 5.27. The first-order valence-electron chi connectivity index (χ1n) is 6.87. The molecular formula is C15H17Cl3N2O2. The minimum absolute atomic E-state index is 0.115. The van der Waals surface area contributed by atoms with E-state index < -0.39 is 9.75 Å². The number of hydrogen-bond donors (Lipinski definition) is 2. The molecular weight excluding hydrogens is 347 g/mol. The van der Waals surface area contributed by atoms with Gasteiger partial charge in [0.25, 0.3) is 0 Å². The van der Waals surface area contributed by atoms with E-state index in [1.54, 1.807) is 19.1 Å². The normalized spacial score (nSPS) is 23.5. The van der Waals surface area contributed by atoms with Crippen molar-refractivity contribution in [1.82, 2.24) is 10.6 Å². The Labute approximate surface area is 144 Å². The highest BCUT2D eigenvalue weighted by Crippen LogP contribution is 2.63. The molecule has 0 aromatic heterocycles. The molecule has 120 valence electrons. The van der Waals surface area contributed by atoms with Gasteiger partial charge in [-0.25, -0.2) is 0 Å². The number of alkyl halides is 2. The lowest BCUT2D eigenvalue weighted by Crippen LogP contribution is -2.41. The Morgan fingerprint density at radius 3 is 2.32 bits per heavy atom. The Morgan fingerprint density at radius 2 is 1.82 bits per heavy atom. The van der Waals surface area contributed by atoms with E-state index in [2.05, 4.69) is 10.6 Å². The fraction of sp³-hybridized carbons (Fsp3) is 0.467. The molecule has 0 spiro atoms. The Kier molecular flexibility index (Phi) is 4.95. The van der Waals surface area contributed by atoms with Crippen molar-refractivity contribution >= 4 is 46.6 Å². The van der Waals surface area contributed by atoms with E-state index in [1.165, 1.54) is 0 Å². The predicted octanol–water partition coefficient (Wildman–Crippen LogP) is 3.22. The Balaban J connectivity index is 1.81. The molecule has 2 amide bonds. The fourth-order valence-corrected chi connectivity index (χ4v) is 2.96. The van der Waals surface area contributed by atoms with Crippen molar-refractivity contribution in [3.05, 3.63) is 34.9 Å². The topological polar surface area (TPSA) is 58.2 Å². The number of benzene rings is 1. The number of carbonyl (C=O) groups excluding carboxylic acids is 2. The number of rotatable bonds is 5. The van der Waals surface area contributed by atoms with Crippen molar-refractivity contribution in [1.29, 1.82) is 0 Å². The molecule has 1 aliphatic rings. The number of hydrogen-bond acceptors (Lipinski definition) is 2. The summed E-state index contributed by atoms with van der Waals surface area (Å²) in [4.78, 5) is 23.9. The summed E-state index contributed by atoms with van der Waals surface area (Å²) in [5.74, 6) is -0.596. The molecule has 2 rings (SSSR count). The van der Waals surface area contributed by atoms with Crippen LogP contribution in [-0.4, -0.2) is 22.7 Å². The Bertz CT molecular complexity index is 589. The van der Waals surface area contributed by atoms with Crippen LogP contribution < -0.4 is 10.6 Å². The van der Waals surface area contributed by atoms with Gasteiger partial charge in [-0.3, -0.25) is 9.59 Å². The SMILES string of the molecule is CC(NC(=O)CNC(=O)C1(C)CC1(Cl)Cl)c1ccc(Cl)cc1. The minimum atomic E-state index is -1.04. The van der Waals surface area contributed by atoms with Gasteiger partial charge < -0.3 is 10.6 Å². The van der Waals surface area contributed by atoms with Gasteiger partial charge in [-0.05, 0) is 38.0 Å². The van der Waals surface area contributed by atoms with Crippen LogP contribution in [0.2, 0.25) is 5.02 Å². The maximum atomic E-state index is 12.0. The highest BCUT2D eigenvalue weighted by atomic mass is 35.5. The molecule has 0 saturated heterocycles. The quantitative estimate of drug-likeness (QED) is 0.789. The van der Waals surface area contributed by atoms with E-state index in [0.717, 1.165) is 5.56 Å². The van der Waals surface area contributed by atoms with E-state index in [0.29, 0.717) is 11.4 Å². The molecule has 2 unspecified atom stereocenters. The van der Waals surface area contributed by atoms with E-state index in [1.807, 2.05) is 19.1 Å². The highest BCUT2D eigenvalue weighted by molar-refractivity contribution is 6.53. The third kappa shape index (κ3) is 3.67. The summed E-state index contributed by atoms with van der Waals surface area (Å²) < 4.78 is -1.04. The molecule has 1 aliphatic carbocycles. The summed E-state index contributed by atoms with van der Waals surface area (Å²) in [5, 5.41) is 6.00. The average molecular weight is 364 g/mol. The summed E-state index contributed by atoms with van der Waals surface area (Å²) in [6, 6.07) is 7.02. The second-order valence-electron chi connectivity index (χ2n) is 5.74. The lowest BCUT2D eigenvalue weighted by atomic mass is 10.1. The monoisotopic (exact) mass is 362 g/mol. The molecule has 0 aliphatic heterocycles. The van der Waals surface area contributed by atoms with Gasteiger partial charge in [0.05, 0.1) is 18.0 Å². The molecule has 4 nitrogen and oxygen atoms in total. The van der Waals surface area contributed by atoms with Crippen molar-refractivity contribution in [2.24, 2.45) is 5.41 Å². The van der Waals surface area contributed by atoms with Gasteiger partial charge in [-0.2, -0.15) is 0 Å². The van der Waals surface area contributed by atoms with Crippen LogP contribution in [0.3, 0.4) is 0 Å². The van der Waals surface area contributed by atoms with Gasteiger partial charge in [0.1, 0.15) is 4.33 Å². The molecule has 1 saturated carbocycles. The van der Waals surface area contributed by atoms with Gasteiger partial charge in [-0.15, -0.1) is 23.2 Å². The fourth-order valence-electron chi connectivity index (χ4n) is 2.13. The molecule has 2 atom stereocenters. The van der Waals surface area contributed by atoms with Crippen LogP contribution in [0.5, 0.6) is 0 Å². The van der Waals surface area contributed by atoms with Crippen LogP contribution in [0.1, 0.15) is 31.9 Å². The smallest absolute Gasteiger partial charge is 0.239 e. The number of nitrogens with one attached hydrogen (secondary N) is 2. The lowest BCUT2D eigenvalue weighted by molar-refractivity contribution is -0.129. The Hall–Kier alpha value is -0.970. The van der Waals surface area contributed by atoms with Crippen molar-refractivity contribution in [2.75, 3.05) is 6.54 Å². The van der Waals surface area contributed by atoms with Crippen LogP contribution in [-0.2, 0) is 9.59 Å². The predicted molar refractivity (Wildman–Crippen MR) is 88.2 cm³/mol. The van der Waals surface area contributed by atoms with E-state index >= 15 is 0 Å². The summed E-state index contributed by atoms with van der Waals surface area (Å²) >= 11 is 17.7. The molecule has 2 N–H and O–H groups in total. The van der Waals surface area contributed by atoms with Crippen LogP contribution in [0.25, 0.3) is 0 Å². The molecule has 0 bridgehead atoms. The Morgan fingerprint density at radius 1 is 1.27 bits per heavy atom. The summed E-state index contributed by atoms with van der Waals surface area (Å²) in [5.41, 5.74) is 0.108. The van der Waals surface area contributed by atoms with Crippen LogP contribution >= 0.6 is 34.8 Å². The minimum Gasteiger partial charge on any atom is -0.348 e. The zero-order valence-corrected chi connectivity index (χ0v) is 14.5. The van der Waals surface area contributed by atoms with Crippen molar-refractivity contribution in [3.8, 4) is 0 Å². The number of amides is 2. The van der Waals surface area contributed by atoms with E-state index in [4.69, 9.17) is 34.8 Å². The molecule has 0 heterocycles. The molecule has 22 heavy (non-hydrogen) atoms. The molecule has 1 aromatic carbocycles. The summed E-state index contributed by atoms with van der Waals surface area (Å²) in [6.07, 6.45) is 0.387. The van der Waals surface area contributed by atoms with Crippen molar-refractivity contribution < 1.29 is 9.59 Å². The second-order valence-corrected chi connectivity index (χ2v) is 7.66. The number of halogens is 3. The first kappa shape index (κ1) is 17.4. The zero-order valence-electron chi connectivity index (χ0n) is 12.3. The van der Waals surface area contributed by atoms with Crippen molar-refractivity contribution in [2.45, 2.75) is 30.6 Å². The summed E-state index contributed by atoms with van der Waals surface area (Å²) in [6.45, 7) is 3.42. The van der Waals surface area contributed by atoms with Crippen LogP contribution in [0.15, 0.2) is 24.3 Å². The van der Waals surface area contributed by atoms with Gasteiger partial charge in [0.2, 0.25) is 11.8 Å². The van der Waals surface area contributed by atoms with E-state index in [9.17, 15) is 9.59 Å². The maximum absolute atomic E-state index is 12.0. The zero-order chi connectivity index (χ0) is 16.5. The lowest BCUT2D eigenvalue weighted by Gasteiger charge is -2.16. The maximum Gasteiger partial charge on any atom is 0.239 e. The molecule has 1 fully saturated rings. The number of carbonyl (C=O) groups is 2. The highest BCUT2D eigenvalue weighted by Gasteiger charge is 2.67.